The molecule has 2 N–H and O–H groups in total. The van der Waals surface area contributed by atoms with Crippen LogP contribution in [0.4, 0.5) is 0 Å². The number of hydrazine groups is 1. The van der Waals surface area contributed by atoms with Crippen LogP contribution >= 0.6 is 0 Å². The molecular weight excluding hydrogens is 148 g/mol. The molecule has 0 aromatic rings. The van der Waals surface area contributed by atoms with E-state index in [9.17, 15) is 0 Å². The maximum Gasteiger partial charge on any atom is 0.0496 e. The van der Waals surface area contributed by atoms with Crippen LogP contribution < -0.4 is 5.84 Å². The summed E-state index contributed by atoms with van der Waals surface area (Å²) in [6.45, 7) is 9.81. The molecule has 0 rings (SSSR count). The molecule has 0 saturated heterocycles. The topological polar surface area (TPSA) is 29.3 Å². The minimum Gasteiger partial charge on any atom is -0.285 e. The van der Waals surface area contributed by atoms with Crippen molar-refractivity contribution in [2.45, 2.75) is 27.2 Å². The molecule has 0 bridgehead atoms. The molecule has 0 unspecified atom stereocenters. The summed E-state index contributed by atoms with van der Waals surface area (Å²) in [6, 6.07) is 0. The van der Waals surface area contributed by atoms with Crippen molar-refractivity contribution in [3.05, 3.63) is 36.2 Å². The summed E-state index contributed by atoms with van der Waals surface area (Å²) in [5.41, 5.74) is 1.83. The number of hydrogen-bond acceptors (Lipinski definition) is 2. The molecule has 0 aliphatic rings. The van der Waals surface area contributed by atoms with E-state index < -0.39 is 0 Å². The first-order chi connectivity index (χ1) is 5.63. The molecule has 68 valence electrons. The van der Waals surface area contributed by atoms with Crippen LogP contribution in [0.15, 0.2) is 36.2 Å². The van der Waals surface area contributed by atoms with Gasteiger partial charge in [0, 0.05) is 11.4 Å². The Morgan fingerprint density at radius 2 is 2.17 bits per heavy atom. The predicted octanol–water partition coefficient (Wildman–Crippen LogP) is 2.57. The number of allylic oxidation sites excluding steroid dienone is 4. The van der Waals surface area contributed by atoms with Gasteiger partial charge in [0.1, 0.15) is 0 Å². The van der Waals surface area contributed by atoms with Crippen LogP contribution in [0.5, 0.6) is 0 Å². The average Bonchev–Trinajstić information content (AvgIpc) is 2.04. The molecule has 0 radical (unpaired) electrons. The fourth-order valence-electron chi connectivity index (χ4n) is 0.893. The van der Waals surface area contributed by atoms with Crippen LogP contribution in [0.25, 0.3) is 0 Å². The predicted molar refractivity (Wildman–Crippen MR) is 54.0 cm³/mol. The zero-order valence-corrected chi connectivity index (χ0v) is 8.17. The van der Waals surface area contributed by atoms with E-state index in [0.29, 0.717) is 0 Å². The van der Waals surface area contributed by atoms with Crippen molar-refractivity contribution in [1.82, 2.24) is 5.01 Å². The molecule has 2 nitrogen and oxygen atoms in total. The SMILES string of the molecule is C=C(/C=C\C)N(N)/C(C)=C\CC. The molecule has 0 aromatic heterocycles. The Kier molecular flexibility index (Phi) is 5.13. The number of rotatable bonds is 4. The Morgan fingerprint density at radius 3 is 2.58 bits per heavy atom. The highest BCUT2D eigenvalue weighted by Gasteiger charge is 1.99. The zero-order valence-electron chi connectivity index (χ0n) is 8.17. The summed E-state index contributed by atoms with van der Waals surface area (Å²) in [6.07, 6.45) is 6.85. The van der Waals surface area contributed by atoms with Crippen LogP contribution in [0.1, 0.15) is 27.2 Å². The summed E-state index contributed by atoms with van der Waals surface area (Å²) < 4.78 is 0. The van der Waals surface area contributed by atoms with Gasteiger partial charge in [-0.05, 0) is 26.3 Å². The second kappa shape index (κ2) is 5.61. The number of nitrogens with two attached hydrogens (primary N) is 1. The molecule has 12 heavy (non-hydrogen) atoms. The summed E-state index contributed by atoms with van der Waals surface area (Å²) in [5.74, 6) is 5.75. The van der Waals surface area contributed by atoms with Crippen LogP contribution in [0, 0.1) is 0 Å². The fourth-order valence-corrected chi connectivity index (χ4v) is 0.893. The minimum absolute atomic E-state index is 0.805. The van der Waals surface area contributed by atoms with Gasteiger partial charge in [0.25, 0.3) is 0 Å². The van der Waals surface area contributed by atoms with E-state index in [1.165, 1.54) is 0 Å². The number of nitrogens with zero attached hydrogens (tertiary/aromatic N) is 1. The Morgan fingerprint density at radius 1 is 1.58 bits per heavy atom. The van der Waals surface area contributed by atoms with Gasteiger partial charge in [-0.2, -0.15) is 0 Å². The summed E-state index contributed by atoms with van der Waals surface area (Å²) in [4.78, 5) is 0. The molecule has 2 heteroatoms. The van der Waals surface area contributed by atoms with E-state index in [0.717, 1.165) is 17.8 Å². The van der Waals surface area contributed by atoms with E-state index in [1.54, 1.807) is 5.01 Å². The second-order valence-corrected chi connectivity index (χ2v) is 2.62. The summed E-state index contributed by atoms with van der Waals surface area (Å²) in [7, 11) is 0. The van der Waals surface area contributed by atoms with Crippen molar-refractivity contribution in [1.29, 1.82) is 0 Å². The van der Waals surface area contributed by atoms with Gasteiger partial charge in [0.15, 0.2) is 0 Å². The molecular formula is C10H18N2. The lowest BCUT2D eigenvalue weighted by atomic mass is 10.3. The Bertz CT molecular complexity index is 200. The first kappa shape index (κ1) is 11.0. The first-order valence-electron chi connectivity index (χ1n) is 4.16. The maximum atomic E-state index is 5.75. The third kappa shape index (κ3) is 3.39. The van der Waals surface area contributed by atoms with Gasteiger partial charge in [0.2, 0.25) is 0 Å². The second-order valence-electron chi connectivity index (χ2n) is 2.62. The highest BCUT2D eigenvalue weighted by atomic mass is 15.4. The van der Waals surface area contributed by atoms with Gasteiger partial charge < -0.3 is 0 Å². The number of hydrogen-bond donors (Lipinski definition) is 1. The third-order valence-electron chi connectivity index (χ3n) is 1.55. The van der Waals surface area contributed by atoms with Crippen molar-refractivity contribution in [2.75, 3.05) is 0 Å². The molecule has 0 aliphatic carbocycles. The van der Waals surface area contributed by atoms with E-state index in [2.05, 4.69) is 19.6 Å². The zero-order chi connectivity index (χ0) is 9.56. The highest BCUT2D eigenvalue weighted by Crippen LogP contribution is 2.06. The lowest BCUT2D eigenvalue weighted by molar-refractivity contribution is 0.464. The first-order valence-corrected chi connectivity index (χ1v) is 4.16. The van der Waals surface area contributed by atoms with E-state index >= 15 is 0 Å². The standard InChI is InChI=1S/C10H18N2/c1-5-7-9(3)12(11)10(4)8-6-2/h5,7-8H,3,6,11H2,1-2,4H3/b7-5-,10-8-. The van der Waals surface area contributed by atoms with Crippen LogP contribution in [0.2, 0.25) is 0 Å². The van der Waals surface area contributed by atoms with E-state index in [-0.39, 0.29) is 0 Å². The largest absolute Gasteiger partial charge is 0.285 e. The molecule has 0 fully saturated rings. The van der Waals surface area contributed by atoms with Gasteiger partial charge in [0.05, 0.1) is 0 Å². The smallest absolute Gasteiger partial charge is 0.0496 e. The summed E-state index contributed by atoms with van der Waals surface area (Å²) >= 11 is 0. The molecule has 0 saturated carbocycles. The molecule has 0 heterocycles. The van der Waals surface area contributed by atoms with E-state index in [4.69, 9.17) is 5.84 Å². The quantitative estimate of drug-likeness (QED) is 0.395. The Labute approximate surface area is 75.0 Å². The molecule has 0 amide bonds. The molecule has 0 aliphatic heterocycles. The average molecular weight is 166 g/mol. The van der Waals surface area contributed by atoms with Gasteiger partial charge >= 0.3 is 0 Å². The third-order valence-corrected chi connectivity index (χ3v) is 1.55. The lowest BCUT2D eigenvalue weighted by Crippen LogP contribution is -2.26. The van der Waals surface area contributed by atoms with Crippen molar-refractivity contribution in [3.8, 4) is 0 Å². The van der Waals surface area contributed by atoms with Crippen LogP contribution in [-0.2, 0) is 0 Å². The monoisotopic (exact) mass is 166 g/mol. The summed E-state index contributed by atoms with van der Waals surface area (Å²) in [5, 5.41) is 1.59. The maximum absolute atomic E-state index is 5.75. The normalized spacial score (nSPS) is 12.2. The van der Waals surface area contributed by atoms with Crippen LogP contribution in [0.3, 0.4) is 0 Å². The highest BCUT2D eigenvalue weighted by molar-refractivity contribution is 5.17. The molecule has 0 atom stereocenters. The Hall–Kier alpha value is -1.02. The van der Waals surface area contributed by atoms with Crippen molar-refractivity contribution >= 4 is 0 Å². The fraction of sp³-hybridized carbons (Fsp3) is 0.400. The van der Waals surface area contributed by atoms with Gasteiger partial charge in [-0.3, -0.25) is 5.01 Å². The molecule has 0 spiro atoms. The van der Waals surface area contributed by atoms with E-state index in [1.807, 2.05) is 26.0 Å². The minimum atomic E-state index is 0.805. The lowest BCUT2D eigenvalue weighted by Gasteiger charge is -2.19. The molecule has 0 aromatic carbocycles. The van der Waals surface area contributed by atoms with Gasteiger partial charge in [-0.1, -0.05) is 25.7 Å². The Balaban J connectivity index is 4.28. The van der Waals surface area contributed by atoms with Gasteiger partial charge in [-0.25, -0.2) is 5.84 Å². The van der Waals surface area contributed by atoms with Gasteiger partial charge in [-0.15, -0.1) is 0 Å². The van der Waals surface area contributed by atoms with Crippen molar-refractivity contribution in [2.24, 2.45) is 5.84 Å². The van der Waals surface area contributed by atoms with Crippen molar-refractivity contribution < 1.29 is 0 Å². The van der Waals surface area contributed by atoms with Crippen LogP contribution in [-0.4, -0.2) is 5.01 Å². The van der Waals surface area contributed by atoms with Crippen molar-refractivity contribution in [3.63, 3.8) is 0 Å².